The number of hydrogen-bond acceptors (Lipinski definition) is 5. The lowest BCUT2D eigenvalue weighted by molar-refractivity contribution is 0.187. The fourth-order valence-electron chi connectivity index (χ4n) is 2.76. The molecule has 0 radical (unpaired) electrons. The highest BCUT2D eigenvalue weighted by Crippen LogP contribution is 2.30. The summed E-state index contributed by atoms with van der Waals surface area (Å²) in [6.45, 7) is 6.23. The number of nitrogens with zero attached hydrogens (tertiary/aromatic N) is 2. The van der Waals surface area contributed by atoms with Gasteiger partial charge in [0.2, 0.25) is 0 Å². The molecule has 1 N–H and O–H groups in total. The van der Waals surface area contributed by atoms with Crippen LogP contribution >= 0.6 is 0 Å². The summed E-state index contributed by atoms with van der Waals surface area (Å²) in [7, 11) is 3.32. The maximum absolute atomic E-state index is 5.44. The van der Waals surface area contributed by atoms with Crippen LogP contribution in [0.25, 0.3) is 0 Å². The minimum Gasteiger partial charge on any atom is -0.493 e. The fraction of sp³-hybridized carbons (Fsp3) is 0.667. The quantitative estimate of drug-likeness (QED) is 0.858. The highest BCUT2D eigenvalue weighted by atomic mass is 16.5. The molecule has 0 aliphatic carbocycles. The third-order valence-corrected chi connectivity index (χ3v) is 3.82. The van der Waals surface area contributed by atoms with Gasteiger partial charge in [-0.25, -0.2) is 0 Å². The van der Waals surface area contributed by atoms with Gasteiger partial charge in [-0.15, -0.1) is 0 Å². The van der Waals surface area contributed by atoms with E-state index in [1.807, 2.05) is 6.07 Å². The zero-order valence-electron chi connectivity index (χ0n) is 12.7. The van der Waals surface area contributed by atoms with Crippen molar-refractivity contribution in [2.24, 2.45) is 0 Å². The Morgan fingerprint density at radius 1 is 1.30 bits per heavy atom. The Morgan fingerprint density at radius 3 is 2.65 bits per heavy atom. The predicted molar refractivity (Wildman–Crippen MR) is 79.3 cm³/mol. The predicted octanol–water partition coefficient (Wildman–Crippen LogP) is 1.67. The van der Waals surface area contributed by atoms with E-state index in [-0.39, 0.29) is 0 Å². The molecule has 112 valence electrons. The standard InChI is InChI=1S/C15H25N3O2/c1-4-16-12-6-9-18(10-7-12)11-13-15(20-3)14(19-2)5-8-17-13/h5,8,12,16H,4,6-7,9-11H2,1-3H3. The molecule has 1 aromatic heterocycles. The summed E-state index contributed by atoms with van der Waals surface area (Å²) in [4.78, 5) is 6.87. The maximum Gasteiger partial charge on any atom is 0.183 e. The van der Waals surface area contributed by atoms with Crippen molar-refractivity contribution in [1.82, 2.24) is 15.2 Å². The van der Waals surface area contributed by atoms with E-state index in [9.17, 15) is 0 Å². The third-order valence-electron chi connectivity index (χ3n) is 3.82. The number of ether oxygens (including phenoxy) is 2. The lowest BCUT2D eigenvalue weighted by atomic mass is 10.0. The molecule has 5 nitrogen and oxygen atoms in total. The van der Waals surface area contributed by atoms with Gasteiger partial charge in [-0.2, -0.15) is 0 Å². The van der Waals surface area contributed by atoms with Crippen LogP contribution in [0.1, 0.15) is 25.5 Å². The maximum atomic E-state index is 5.44. The molecule has 20 heavy (non-hydrogen) atoms. The third kappa shape index (κ3) is 3.61. The molecular weight excluding hydrogens is 254 g/mol. The molecule has 0 spiro atoms. The number of piperidine rings is 1. The van der Waals surface area contributed by atoms with E-state index in [0.717, 1.165) is 43.4 Å². The molecule has 0 unspecified atom stereocenters. The van der Waals surface area contributed by atoms with Crippen molar-refractivity contribution in [3.05, 3.63) is 18.0 Å². The minimum atomic E-state index is 0.663. The SMILES string of the molecule is CCNC1CCN(Cc2nccc(OC)c2OC)CC1. The molecule has 1 fully saturated rings. The van der Waals surface area contributed by atoms with Gasteiger partial charge in [-0.1, -0.05) is 6.92 Å². The Balaban J connectivity index is 1.97. The van der Waals surface area contributed by atoms with Crippen molar-refractivity contribution in [3.8, 4) is 11.5 Å². The summed E-state index contributed by atoms with van der Waals surface area (Å²) in [5, 5.41) is 3.52. The van der Waals surface area contributed by atoms with Gasteiger partial charge in [-0.3, -0.25) is 9.88 Å². The minimum absolute atomic E-state index is 0.663. The van der Waals surface area contributed by atoms with Gasteiger partial charge >= 0.3 is 0 Å². The molecule has 0 saturated carbocycles. The second kappa shape index (κ2) is 7.45. The van der Waals surface area contributed by atoms with E-state index in [2.05, 4.69) is 22.1 Å². The number of nitrogens with one attached hydrogen (secondary N) is 1. The first-order chi connectivity index (χ1) is 9.78. The summed E-state index contributed by atoms with van der Waals surface area (Å²) >= 11 is 0. The van der Waals surface area contributed by atoms with E-state index >= 15 is 0 Å². The average Bonchev–Trinajstić information content (AvgIpc) is 2.49. The van der Waals surface area contributed by atoms with Crippen LogP contribution in [0.3, 0.4) is 0 Å². The average molecular weight is 279 g/mol. The molecule has 0 bridgehead atoms. The van der Waals surface area contributed by atoms with Gasteiger partial charge in [0.1, 0.15) is 5.69 Å². The highest BCUT2D eigenvalue weighted by Gasteiger charge is 2.20. The van der Waals surface area contributed by atoms with Crippen molar-refractivity contribution in [2.45, 2.75) is 32.4 Å². The summed E-state index contributed by atoms with van der Waals surface area (Å²) in [6.07, 6.45) is 4.17. The van der Waals surface area contributed by atoms with Crippen molar-refractivity contribution in [2.75, 3.05) is 33.9 Å². The first kappa shape index (κ1) is 15.1. The molecule has 5 heteroatoms. The van der Waals surface area contributed by atoms with Gasteiger partial charge in [0.15, 0.2) is 11.5 Å². The van der Waals surface area contributed by atoms with Crippen molar-refractivity contribution in [3.63, 3.8) is 0 Å². The highest BCUT2D eigenvalue weighted by molar-refractivity contribution is 5.42. The number of hydrogen-bond donors (Lipinski definition) is 1. The molecule has 1 saturated heterocycles. The van der Waals surface area contributed by atoms with Gasteiger partial charge in [0, 0.05) is 37.9 Å². The Morgan fingerprint density at radius 2 is 2.05 bits per heavy atom. The van der Waals surface area contributed by atoms with Crippen LogP contribution in [0.2, 0.25) is 0 Å². The molecular formula is C15H25N3O2. The van der Waals surface area contributed by atoms with E-state index in [1.54, 1.807) is 20.4 Å². The van der Waals surface area contributed by atoms with E-state index < -0.39 is 0 Å². The number of methoxy groups -OCH3 is 2. The lowest BCUT2D eigenvalue weighted by Crippen LogP contribution is -2.42. The monoisotopic (exact) mass is 279 g/mol. The molecule has 0 amide bonds. The topological polar surface area (TPSA) is 46.6 Å². The van der Waals surface area contributed by atoms with Crippen molar-refractivity contribution in [1.29, 1.82) is 0 Å². The van der Waals surface area contributed by atoms with Crippen LogP contribution in [0.4, 0.5) is 0 Å². The summed E-state index contributed by atoms with van der Waals surface area (Å²) in [5.41, 5.74) is 0.953. The zero-order valence-corrected chi connectivity index (χ0v) is 12.7. The first-order valence-corrected chi connectivity index (χ1v) is 7.30. The molecule has 1 aliphatic heterocycles. The van der Waals surface area contributed by atoms with Crippen LogP contribution in [-0.2, 0) is 6.54 Å². The summed E-state index contributed by atoms with van der Waals surface area (Å²) < 4.78 is 10.8. The molecule has 0 aromatic carbocycles. The normalized spacial score (nSPS) is 17.1. The first-order valence-electron chi connectivity index (χ1n) is 7.30. The molecule has 1 aliphatic rings. The van der Waals surface area contributed by atoms with Crippen LogP contribution in [0, 0.1) is 0 Å². The van der Waals surface area contributed by atoms with E-state index in [4.69, 9.17) is 9.47 Å². The summed E-state index contributed by atoms with van der Waals surface area (Å²) in [5.74, 6) is 1.50. The zero-order chi connectivity index (χ0) is 14.4. The van der Waals surface area contributed by atoms with E-state index in [1.165, 1.54) is 12.8 Å². The van der Waals surface area contributed by atoms with Crippen LogP contribution in [-0.4, -0.2) is 49.8 Å². The van der Waals surface area contributed by atoms with Gasteiger partial charge < -0.3 is 14.8 Å². The largest absolute Gasteiger partial charge is 0.493 e. The summed E-state index contributed by atoms with van der Waals surface area (Å²) in [6, 6.07) is 2.50. The Labute approximate surface area is 121 Å². The number of rotatable bonds is 6. The Hall–Kier alpha value is -1.33. The molecule has 2 rings (SSSR count). The smallest absolute Gasteiger partial charge is 0.183 e. The van der Waals surface area contributed by atoms with E-state index in [0.29, 0.717) is 6.04 Å². The van der Waals surface area contributed by atoms with Crippen molar-refractivity contribution >= 4 is 0 Å². The molecule has 1 aromatic rings. The van der Waals surface area contributed by atoms with Gasteiger partial charge in [-0.05, 0) is 19.4 Å². The second-order valence-electron chi connectivity index (χ2n) is 5.10. The molecule has 2 heterocycles. The van der Waals surface area contributed by atoms with Gasteiger partial charge in [0.25, 0.3) is 0 Å². The Bertz CT molecular complexity index is 418. The Kier molecular flexibility index (Phi) is 5.61. The number of aromatic nitrogens is 1. The van der Waals surface area contributed by atoms with Crippen LogP contribution in [0.5, 0.6) is 11.5 Å². The molecule has 0 atom stereocenters. The van der Waals surface area contributed by atoms with Crippen LogP contribution in [0.15, 0.2) is 12.3 Å². The van der Waals surface area contributed by atoms with Crippen LogP contribution < -0.4 is 14.8 Å². The number of pyridine rings is 1. The lowest BCUT2D eigenvalue weighted by Gasteiger charge is -2.32. The second-order valence-corrected chi connectivity index (χ2v) is 5.10. The van der Waals surface area contributed by atoms with Gasteiger partial charge in [0.05, 0.1) is 14.2 Å². The van der Waals surface area contributed by atoms with Crippen molar-refractivity contribution < 1.29 is 9.47 Å². The number of likely N-dealkylation sites (tertiary alicyclic amines) is 1. The fourth-order valence-corrected chi connectivity index (χ4v) is 2.76.